The molecule has 0 bridgehead atoms. The number of hydrogen-bond donors (Lipinski definition) is 1. The Bertz CT molecular complexity index is 764. The van der Waals surface area contributed by atoms with E-state index in [0.29, 0.717) is 44.2 Å². The van der Waals surface area contributed by atoms with Crippen molar-refractivity contribution in [3.05, 3.63) is 71.3 Å². The van der Waals surface area contributed by atoms with Crippen LogP contribution in [0.15, 0.2) is 54.6 Å². The second-order valence-corrected chi connectivity index (χ2v) is 7.20. The highest BCUT2D eigenvalue weighted by atomic mass is 16.2. The smallest absolute Gasteiger partial charge is 0.317 e. The van der Waals surface area contributed by atoms with Crippen LogP contribution in [-0.4, -0.2) is 47.9 Å². The molecule has 0 aromatic heterocycles. The molecule has 0 spiro atoms. The van der Waals surface area contributed by atoms with Crippen LogP contribution in [0, 0.1) is 0 Å². The van der Waals surface area contributed by atoms with Crippen LogP contribution >= 0.6 is 0 Å². The monoisotopic (exact) mass is 365 g/mol. The standard InChI is InChI=1S/C22H27N3O2/c1-17(2)19-8-10-20(11-9-19)21(26)24-12-14-25(15-13-24)22(27)23-16-18-6-4-3-5-7-18/h3-11,17H,12-16H2,1-2H3,(H,23,27). The van der Waals surface area contributed by atoms with Gasteiger partial charge < -0.3 is 15.1 Å². The minimum Gasteiger partial charge on any atom is -0.335 e. The summed E-state index contributed by atoms with van der Waals surface area (Å²) >= 11 is 0. The van der Waals surface area contributed by atoms with E-state index in [9.17, 15) is 9.59 Å². The Balaban J connectivity index is 1.49. The van der Waals surface area contributed by atoms with Crippen LogP contribution in [0.3, 0.4) is 0 Å². The summed E-state index contributed by atoms with van der Waals surface area (Å²) < 4.78 is 0. The number of carbonyl (C=O) groups excluding carboxylic acids is 2. The highest BCUT2D eigenvalue weighted by molar-refractivity contribution is 5.94. The molecule has 142 valence electrons. The van der Waals surface area contributed by atoms with Crippen LogP contribution in [0.1, 0.15) is 41.3 Å². The number of rotatable bonds is 4. The Hall–Kier alpha value is -2.82. The zero-order valence-electron chi connectivity index (χ0n) is 16.0. The van der Waals surface area contributed by atoms with E-state index in [2.05, 4.69) is 19.2 Å². The molecule has 1 fully saturated rings. The fourth-order valence-electron chi connectivity index (χ4n) is 3.19. The third-order valence-corrected chi connectivity index (χ3v) is 4.96. The molecule has 1 heterocycles. The average molecular weight is 365 g/mol. The summed E-state index contributed by atoms with van der Waals surface area (Å²) in [6, 6.07) is 17.6. The van der Waals surface area contributed by atoms with Gasteiger partial charge in [0, 0.05) is 38.3 Å². The minimum absolute atomic E-state index is 0.0367. The Kier molecular flexibility index (Phi) is 6.12. The predicted molar refractivity (Wildman–Crippen MR) is 107 cm³/mol. The van der Waals surface area contributed by atoms with Gasteiger partial charge in [0.2, 0.25) is 0 Å². The van der Waals surface area contributed by atoms with Crippen molar-refractivity contribution in [1.29, 1.82) is 0 Å². The topological polar surface area (TPSA) is 52.7 Å². The van der Waals surface area contributed by atoms with E-state index in [0.717, 1.165) is 5.56 Å². The van der Waals surface area contributed by atoms with Gasteiger partial charge in [-0.3, -0.25) is 4.79 Å². The first kappa shape index (κ1) is 19.0. The maximum absolute atomic E-state index is 12.7. The van der Waals surface area contributed by atoms with E-state index < -0.39 is 0 Å². The Labute approximate surface area is 161 Å². The first-order valence-electron chi connectivity index (χ1n) is 9.50. The molecule has 0 aliphatic carbocycles. The van der Waals surface area contributed by atoms with Gasteiger partial charge >= 0.3 is 6.03 Å². The number of urea groups is 1. The molecule has 0 radical (unpaired) electrons. The minimum atomic E-state index is -0.0766. The van der Waals surface area contributed by atoms with E-state index in [4.69, 9.17) is 0 Å². The molecule has 3 amide bonds. The number of piperazine rings is 1. The highest BCUT2D eigenvalue weighted by Crippen LogP contribution is 2.16. The van der Waals surface area contributed by atoms with Crippen molar-refractivity contribution < 1.29 is 9.59 Å². The summed E-state index contributed by atoms with van der Waals surface area (Å²) in [5.74, 6) is 0.488. The summed E-state index contributed by atoms with van der Waals surface area (Å²) in [5, 5.41) is 2.94. The van der Waals surface area contributed by atoms with Crippen molar-refractivity contribution in [2.45, 2.75) is 26.3 Å². The van der Waals surface area contributed by atoms with Gasteiger partial charge in [0.1, 0.15) is 0 Å². The van der Waals surface area contributed by atoms with Crippen LogP contribution in [0.2, 0.25) is 0 Å². The molecule has 3 rings (SSSR count). The molecule has 0 unspecified atom stereocenters. The maximum Gasteiger partial charge on any atom is 0.317 e. The second-order valence-electron chi connectivity index (χ2n) is 7.20. The van der Waals surface area contributed by atoms with Crippen LogP contribution in [0.25, 0.3) is 0 Å². The van der Waals surface area contributed by atoms with E-state index in [1.165, 1.54) is 5.56 Å². The maximum atomic E-state index is 12.7. The molecule has 5 heteroatoms. The normalized spacial score (nSPS) is 14.3. The number of hydrogen-bond acceptors (Lipinski definition) is 2. The van der Waals surface area contributed by atoms with Crippen LogP contribution in [0.4, 0.5) is 4.79 Å². The number of carbonyl (C=O) groups is 2. The predicted octanol–water partition coefficient (Wildman–Crippen LogP) is 3.48. The summed E-state index contributed by atoms with van der Waals surface area (Å²) in [7, 11) is 0. The Morgan fingerprint density at radius 2 is 1.48 bits per heavy atom. The Morgan fingerprint density at radius 3 is 2.07 bits per heavy atom. The SMILES string of the molecule is CC(C)c1ccc(C(=O)N2CCN(C(=O)NCc3ccccc3)CC2)cc1. The molecule has 1 aliphatic rings. The number of benzene rings is 2. The van der Waals surface area contributed by atoms with E-state index in [-0.39, 0.29) is 11.9 Å². The molecule has 0 atom stereocenters. The lowest BCUT2D eigenvalue weighted by Crippen LogP contribution is -2.53. The van der Waals surface area contributed by atoms with Crippen molar-refractivity contribution in [2.24, 2.45) is 0 Å². The van der Waals surface area contributed by atoms with Crippen molar-refractivity contribution in [1.82, 2.24) is 15.1 Å². The van der Waals surface area contributed by atoms with Crippen molar-refractivity contribution in [2.75, 3.05) is 26.2 Å². The molecule has 1 saturated heterocycles. The van der Waals surface area contributed by atoms with Gasteiger partial charge in [-0.2, -0.15) is 0 Å². The molecule has 27 heavy (non-hydrogen) atoms. The van der Waals surface area contributed by atoms with Gasteiger partial charge in [0.25, 0.3) is 5.91 Å². The molecule has 0 saturated carbocycles. The lowest BCUT2D eigenvalue weighted by atomic mass is 10.0. The van der Waals surface area contributed by atoms with Crippen molar-refractivity contribution in [3.8, 4) is 0 Å². The van der Waals surface area contributed by atoms with E-state index in [1.54, 1.807) is 4.90 Å². The van der Waals surface area contributed by atoms with Crippen LogP contribution < -0.4 is 5.32 Å². The fraction of sp³-hybridized carbons (Fsp3) is 0.364. The van der Waals surface area contributed by atoms with Crippen molar-refractivity contribution >= 4 is 11.9 Å². The highest BCUT2D eigenvalue weighted by Gasteiger charge is 2.24. The molecular formula is C22H27N3O2. The van der Waals surface area contributed by atoms with Gasteiger partial charge in [-0.15, -0.1) is 0 Å². The molecule has 1 aliphatic heterocycles. The largest absolute Gasteiger partial charge is 0.335 e. The van der Waals surface area contributed by atoms with E-state index in [1.807, 2.05) is 59.5 Å². The summed E-state index contributed by atoms with van der Waals surface area (Å²) in [4.78, 5) is 28.6. The average Bonchev–Trinajstić information content (AvgIpc) is 2.72. The van der Waals surface area contributed by atoms with Gasteiger partial charge in [0.15, 0.2) is 0 Å². The quantitative estimate of drug-likeness (QED) is 0.902. The van der Waals surface area contributed by atoms with Crippen LogP contribution in [0.5, 0.6) is 0 Å². The van der Waals surface area contributed by atoms with Gasteiger partial charge in [-0.05, 0) is 29.2 Å². The van der Waals surface area contributed by atoms with E-state index >= 15 is 0 Å². The lowest BCUT2D eigenvalue weighted by molar-refractivity contribution is 0.0665. The second kappa shape index (κ2) is 8.71. The Morgan fingerprint density at radius 1 is 0.889 bits per heavy atom. The summed E-state index contributed by atoms with van der Waals surface area (Å²) in [5.41, 5.74) is 3.01. The molecular weight excluding hydrogens is 338 g/mol. The first-order valence-corrected chi connectivity index (χ1v) is 9.50. The zero-order chi connectivity index (χ0) is 19.2. The molecule has 1 N–H and O–H groups in total. The number of nitrogens with zero attached hydrogens (tertiary/aromatic N) is 2. The summed E-state index contributed by atoms with van der Waals surface area (Å²) in [6.45, 7) is 7.01. The molecule has 2 aromatic carbocycles. The third-order valence-electron chi connectivity index (χ3n) is 4.96. The first-order chi connectivity index (χ1) is 13.0. The van der Waals surface area contributed by atoms with Crippen molar-refractivity contribution in [3.63, 3.8) is 0 Å². The lowest BCUT2D eigenvalue weighted by Gasteiger charge is -2.34. The third kappa shape index (κ3) is 4.88. The number of amides is 3. The van der Waals surface area contributed by atoms with Gasteiger partial charge in [-0.1, -0.05) is 56.3 Å². The fourth-order valence-corrected chi connectivity index (χ4v) is 3.19. The molecule has 2 aromatic rings. The summed E-state index contributed by atoms with van der Waals surface area (Å²) in [6.07, 6.45) is 0. The van der Waals surface area contributed by atoms with Gasteiger partial charge in [0.05, 0.1) is 0 Å². The number of nitrogens with one attached hydrogen (secondary N) is 1. The van der Waals surface area contributed by atoms with Gasteiger partial charge in [-0.25, -0.2) is 4.79 Å². The molecule has 5 nitrogen and oxygen atoms in total. The zero-order valence-corrected chi connectivity index (χ0v) is 16.0. The van der Waals surface area contributed by atoms with Crippen LogP contribution in [-0.2, 0) is 6.54 Å².